The molecule has 0 aromatic heterocycles. The number of nitrogens with zero attached hydrogens (tertiary/aromatic N) is 2. The minimum Gasteiger partial charge on any atom is -0.489 e. The molecule has 0 bridgehead atoms. The van der Waals surface area contributed by atoms with Crippen molar-refractivity contribution in [2.45, 2.75) is 0 Å². The van der Waals surface area contributed by atoms with Gasteiger partial charge in [0, 0.05) is 0 Å². The van der Waals surface area contributed by atoms with Crippen LogP contribution < -0.4 is 4.74 Å². The molecule has 0 aliphatic carbocycles. The zero-order valence-corrected chi connectivity index (χ0v) is 8.07. The number of hydrogen-bond acceptors (Lipinski definition) is 2. The molecule has 0 heterocycles. The molecule has 0 saturated carbocycles. The molecule has 1 aromatic rings. The minimum atomic E-state index is 0.482. The van der Waals surface area contributed by atoms with E-state index in [1.807, 2.05) is 12.1 Å². The molecule has 56 valence electrons. The summed E-state index contributed by atoms with van der Waals surface area (Å²) < 4.78 is 5.82. The summed E-state index contributed by atoms with van der Waals surface area (Å²) in [5.41, 5.74) is 0.482. The summed E-state index contributed by atoms with van der Waals surface area (Å²) in [4.78, 5) is 3.11. The highest BCUT2D eigenvalue weighted by atomic mass is 127. The van der Waals surface area contributed by atoms with E-state index in [2.05, 4.69) is 27.6 Å². The monoisotopic (exact) mass is 261 g/mol. The van der Waals surface area contributed by atoms with Crippen LogP contribution in [0.25, 0.3) is 4.98 Å². The highest BCUT2D eigenvalue weighted by Crippen LogP contribution is 2.31. The number of halogens is 1. The van der Waals surface area contributed by atoms with Crippen molar-refractivity contribution in [3.63, 3.8) is 0 Å². The topological polar surface area (TPSA) is 37.4 Å². The third-order valence-corrected chi connectivity index (χ3v) is 2.14. The van der Waals surface area contributed by atoms with E-state index in [1.165, 1.54) is 0 Å². The Morgan fingerprint density at radius 2 is 2.27 bits per heavy atom. The maximum absolute atomic E-state index is 8.57. The van der Waals surface area contributed by atoms with Crippen molar-refractivity contribution in [1.29, 1.82) is 5.39 Å². The number of ether oxygens (including phenoxy) is 1. The van der Waals surface area contributed by atoms with Gasteiger partial charge >= 0.3 is 5.69 Å². The van der Waals surface area contributed by atoms with Crippen LogP contribution in [0.5, 0.6) is 5.75 Å². The molecule has 0 saturated heterocycles. The van der Waals surface area contributed by atoms with Crippen molar-refractivity contribution in [3.8, 4) is 5.75 Å². The predicted octanol–water partition coefficient (Wildman–Crippen LogP) is 2.78. The third-order valence-electron chi connectivity index (χ3n) is 1.27. The van der Waals surface area contributed by atoms with Crippen molar-refractivity contribution in [3.05, 3.63) is 26.7 Å². The normalized spacial score (nSPS) is 8.82. The summed E-state index contributed by atoms with van der Waals surface area (Å²) in [6.45, 7) is 0. The van der Waals surface area contributed by atoms with Gasteiger partial charge in [-0.2, -0.15) is 0 Å². The maximum Gasteiger partial charge on any atom is 0.439 e. The van der Waals surface area contributed by atoms with E-state index >= 15 is 0 Å². The molecular weight excluding hydrogens is 255 g/mol. The van der Waals surface area contributed by atoms with Crippen LogP contribution in [-0.2, 0) is 0 Å². The lowest BCUT2D eigenvalue weighted by Crippen LogP contribution is -1.83. The molecule has 0 atom stereocenters. The van der Waals surface area contributed by atoms with Crippen molar-refractivity contribution < 1.29 is 4.74 Å². The number of hydrogen-bond donors (Lipinski definition) is 0. The van der Waals surface area contributed by atoms with Crippen LogP contribution in [0.3, 0.4) is 0 Å². The molecule has 1 aromatic carbocycles. The zero-order chi connectivity index (χ0) is 8.27. The predicted molar refractivity (Wildman–Crippen MR) is 50.5 cm³/mol. The minimum absolute atomic E-state index is 0.482. The molecule has 3 nitrogen and oxygen atoms in total. The standard InChI is InChI=1S/C7H6IN2O/c1-11-6-4-2-3-5(8)7(6)10-9/h2-4H,1H3/q+1. The summed E-state index contributed by atoms with van der Waals surface area (Å²) in [5.74, 6) is 0.583. The lowest BCUT2D eigenvalue weighted by Gasteiger charge is -1.94. The lowest BCUT2D eigenvalue weighted by molar-refractivity contribution is 0.417. The summed E-state index contributed by atoms with van der Waals surface area (Å²) in [6.07, 6.45) is 0. The van der Waals surface area contributed by atoms with Crippen LogP contribution in [0.4, 0.5) is 5.69 Å². The zero-order valence-electron chi connectivity index (χ0n) is 5.91. The fourth-order valence-electron chi connectivity index (χ4n) is 0.757. The van der Waals surface area contributed by atoms with E-state index in [9.17, 15) is 0 Å². The Morgan fingerprint density at radius 1 is 1.55 bits per heavy atom. The van der Waals surface area contributed by atoms with Gasteiger partial charge in [0.25, 0.3) is 0 Å². The first-order valence-corrected chi connectivity index (χ1v) is 4.05. The van der Waals surface area contributed by atoms with Crippen LogP contribution in [0.2, 0.25) is 0 Å². The number of rotatable bonds is 1. The quantitative estimate of drug-likeness (QED) is 0.575. The molecule has 4 heteroatoms. The average molecular weight is 261 g/mol. The van der Waals surface area contributed by atoms with Gasteiger partial charge in [0.2, 0.25) is 11.1 Å². The summed E-state index contributed by atoms with van der Waals surface area (Å²) in [7, 11) is 1.54. The van der Waals surface area contributed by atoms with Crippen molar-refractivity contribution in [2.24, 2.45) is 0 Å². The smallest absolute Gasteiger partial charge is 0.439 e. The van der Waals surface area contributed by atoms with Gasteiger partial charge in [-0.1, -0.05) is 6.07 Å². The molecule has 0 spiro atoms. The van der Waals surface area contributed by atoms with Gasteiger partial charge in [-0.15, -0.1) is 0 Å². The number of methoxy groups -OCH3 is 1. The highest BCUT2D eigenvalue weighted by molar-refractivity contribution is 14.1. The Kier molecular flexibility index (Phi) is 2.65. The van der Waals surface area contributed by atoms with Crippen LogP contribution in [0.1, 0.15) is 0 Å². The molecule has 0 fully saturated rings. The van der Waals surface area contributed by atoms with Crippen molar-refractivity contribution >= 4 is 28.3 Å². The van der Waals surface area contributed by atoms with Crippen LogP contribution in [-0.4, -0.2) is 7.11 Å². The van der Waals surface area contributed by atoms with Crippen LogP contribution in [0, 0.1) is 8.96 Å². The lowest BCUT2D eigenvalue weighted by atomic mass is 10.3. The molecule has 0 N–H and O–H groups in total. The first kappa shape index (κ1) is 8.27. The van der Waals surface area contributed by atoms with E-state index in [1.54, 1.807) is 13.2 Å². The fraction of sp³-hybridized carbons (Fsp3) is 0.143. The molecule has 0 unspecified atom stereocenters. The fourth-order valence-corrected chi connectivity index (χ4v) is 1.34. The van der Waals surface area contributed by atoms with Crippen LogP contribution in [0.15, 0.2) is 18.2 Å². The van der Waals surface area contributed by atoms with E-state index in [-0.39, 0.29) is 0 Å². The van der Waals surface area contributed by atoms with Gasteiger partial charge in [0.15, 0.2) is 4.98 Å². The van der Waals surface area contributed by atoms with Gasteiger partial charge in [-0.25, -0.2) is 0 Å². The number of benzene rings is 1. The third kappa shape index (κ3) is 1.60. The second-order valence-corrected chi connectivity index (χ2v) is 3.05. The molecule has 0 amide bonds. The number of diazo groups is 1. The molecule has 11 heavy (non-hydrogen) atoms. The molecule has 1 rings (SSSR count). The first-order valence-electron chi connectivity index (χ1n) is 2.97. The second kappa shape index (κ2) is 3.53. The van der Waals surface area contributed by atoms with E-state index in [4.69, 9.17) is 10.1 Å². The summed E-state index contributed by atoms with van der Waals surface area (Å²) in [5, 5.41) is 8.57. The Hall–Kier alpha value is -0.830. The van der Waals surface area contributed by atoms with Gasteiger partial charge in [0.1, 0.15) is 3.57 Å². The molecular formula is C7H6IN2O+. The Balaban J connectivity index is 3.27. The Labute approximate surface area is 78.1 Å². The van der Waals surface area contributed by atoms with E-state index < -0.39 is 0 Å². The summed E-state index contributed by atoms with van der Waals surface area (Å²) in [6, 6.07) is 5.44. The Morgan fingerprint density at radius 3 is 2.73 bits per heavy atom. The second-order valence-electron chi connectivity index (χ2n) is 1.89. The van der Waals surface area contributed by atoms with Gasteiger partial charge in [-0.3, -0.25) is 0 Å². The van der Waals surface area contributed by atoms with E-state index in [0.717, 1.165) is 3.57 Å². The van der Waals surface area contributed by atoms with Gasteiger partial charge in [0.05, 0.1) is 7.11 Å². The van der Waals surface area contributed by atoms with Crippen molar-refractivity contribution in [2.75, 3.05) is 7.11 Å². The van der Waals surface area contributed by atoms with Gasteiger partial charge in [-0.05, 0) is 34.7 Å². The first-order chi connectivity index (χ1) is 5.29. The highest BCUT2D eigenvalue weighted by Gasteiger charge is 2.17. The molecule has 0 radical (unpaired) electrons. The average Bonchev–Trinajstić information content (AvgIpc) is 2.04. The maximum atomic E-state index is 8.57. The van der Waals surface area contributed by atoms with Crippen LogP contribution >= 0.6 is 22.6 Å². The molecule has 0 aliphatic rings. The molecule has 0 aliphatic heterocycles. The summed E-state index contributed by atoms with van der Waals surface area (Å²) >= 11 is 2.08. The SMILES string of the molecule is COc1cccc(I)c1[N+]#N. The van der Waals surface area contributed by atoms with Gasteiger partial charge < -0.3 is 4.74 Å². The van der Waals surface area contributed by atoms with Crippen molar-refractivity contribution in [1.82, 2.24) is 0 Å². The largest absolute Gasteiger partial charge is 0.489 e. The van der Waals surface area contributed by atoms with E-state index in [0.29, 0.717) is 11.4 Å². The Bertz CT molecular complexity index is 306.